The van der Waals surface area contributed by atoms with E-state index in [1.54, 1.807) is 11.3 Å². The number of hydrogen-bond donors (Lipinski definition) is 0. The molecule has 5 heteroatoms. The van der Waals surface area contributed by atoms with E-state index in [9.17, 15) is 4.79 Å². The van der Waals surface area contributed by atoms with Gasteiger partial charge < -0.3 is 9.32 Å². The number of carbonyl (C=O) groups excluding carboxylic acids is 1. The molecule has 0 spiro atoms. The number of carbonyl (C=O) groups is 1. The average Bonchev–Trinajstić information content (AvgIpc) is 3.29. The van der Waals surface area contributed by atoms with E-state index >= 15 is 0 Å². The number of rotatable bonds is 2. The first-order valence-corrected chi connectivity index (χ1v) is 10.2. The minimum absolute atomic E-state index is 0.157. The lowest BCUT2D eigenvalue weighted by atomic mass is 9.96. The molecule has 1 saturated heterocycles. The zero-order valence-electron chi connectivity index (χ0n) is 15.1. The number of likely N-dealkylation sites (tertiary alicyclic amines) is 1. The minimum atomic E-state index is 0.157. The van der Waals surface area contributed by atoms with Gasteiger partial charge in [0, 0.05) is 23.7 Å². The molecule has 2 aromatic heterocycles. The van der Waals surface area contributed by atoms with Crippen LogP contribution >= 0.6 is 11.3 Å². The van der Waals surface area contributed by atoms with Gasteiger partial charge in [-0.2, -0.15) is 0 Å². The van der Waals surface area contributed by atoms with Crippen molar-refractivity contribution in [2.24, 2.45) is 0 Å². The Kier molecular flexibility index (Phi) is 3.97. The molecule has 4 nitrogen and oxygen atoms in total. The quantitative estimate of drug-likeness (QED) is 0.472. The normalized spacial score (nSPS) is 15.7. The lowest BCUT2D eigenvalue weighted by Gasteiger charge is -2.30. The summed E-state index contributed by atoms with van der Waals surface area (Å²) in [4.78, 5) is 20.6. The summed E-state index contributed by atoms with van der Waals surface area (Å²) >= 11 is 1.60. The molecule has 0 saturated carbocycles. The Bertz CT molecular complexity index is 1100. The van der Waals surface area contributed by atoms with Gasteiger partial charge in [-0.1, -0.05) is 30.3 Å². The van der Waals surface area contributed by atoms with Gasteiger partial charge in [-0.3, -0.25) is 4.79 Å². The number of benzene rings is 2. The number of thiophene rings is 1. The minimum Gasteiger partial charge on any atom is -0.440 e. The van der Waals surface area contributed by atoms with Gasteiger partial charge >= 0.3 is 0 Å². The first-order valence-electron chi connectivity index (χ1n) is 9.33. The fourth-order valence-electron chi connectivity index (χ4n) is 3.92. The molecule has 136 valence electrons. The number of aromatic nitrogens is 1. The summed E-state index contributed by atoms with van der Waals surface area (Å²) in [6.07, 6.45) is 1.78. The van der Waals surface area contributed by atoms with E-state index in [1.807, 2.05) is 41.3 Å². The molecule has 0 N–H and O–H groups in total. The molecule has 1 aliphatic heterocycles. The zero-order chi connectivity index (χ0) is 18.4. The molecular weight excluding hydrogens is 356 g/mol. The van der Waals surface area contributed by atoms with Gasteiger partial charge in [-0.15, -0.1) is 11.3 Å². The van der Waals surface area contributed by atoms with Crippen LogP contribution in [0, 0.1) is 6.92 Å². The highest BCUT2D eigenvalue weighted by Crippen LogP contribution is 2.34. The second kappa shape index (κ2) is 6.50. The summed E-state index contributed by atoms with van der Waals surface area (Å²) in [6, 6.07) is 16.1. The second-order valence-electron chi connectivity index (χ2n) is 7.14. The molecule has 3 heterocycles. The maximum absolute atomic E-state index is 13.1. The van der Waals surface area contributed by atoms with Gasteiger partial charge in [0.25, 0.3) is 5.91 Å². The van der Waals surface area contributed by atoms with E-state index in [4.69, 9.17) is 4.42 Å². The Morgan fingerprint density at radius 2 is 1.85 bits per heavy atom. The van der Waals surface area contributed by atoms with Crippen LogP contribution in [-0.2, 0) is 0 Å². The molecule has 1 amide bonds. The molecule has 0 radical (unpaired) electrons. The summed E-state index contributed by atoms with van der Waals surface area (Å²) in [7, 11) is 0. The van der Waals surface area contributed by atoms with Crippen LogP contribution in [0.5, 0.6) is 0 Å². The first kappa shape index (κ1) is 16.5. The summed E-state index contributed by atoms with van der Waals surface area (Å²) in [5, 5.41) is 1.19. The smallest absolute Gasteiger partial charge is 0.264 e. The van der Waals surface area contributed by atoms with E-state index < -0.39 is 0 Å². The monoisotopic (exact) mass is 376 g/mol. The molecule has 2 aromatic carbocycles. The Balaban J connectivity index is 1.33. The Hall–Kier alpha value is -2.66. The van der Waals surface area contributed by atoms with Crippen LogP contribution in [-0.4, -0.2) is 28.9 Å². The van der Waals surface area contributed by atoms with Crippen molar-refractivity contribution in [2.75, 3.05) is 13.1 Å². The number of para-hydroxylation sites is 2. The second-order valence-corrected chi connectivity index (χ2v) is 8.19. The molecule has 1 fully saturated rings. The predicted molar refractivity (Wildman–Crippen MR) is 108 cm³/mol. The van der Waals surface area contributed by atoms with E-state index in [-0.39, 0.29) is 11.8 Å². The third-order valence-corrected chi connectivity index (χ3v) is 6.74. The molecule has 1 aliphatic rings. The van der Waals surface area contributed by atoms with Crippen molar-refractivity contribution >= 4 is 38.4 Å². The number of fused-ring (bicyclic) bond motifs is 2. The number of piperidine rings is 1. The van der Waals surface area contributed by atoms with Crippen LogP contribution in [0.1, 0.15) is 39.9 Å². The van der Waals surface area contributed by atoms with Crippen LogP contribution < -0.4 is 0 Å². The third kappa shape index (κ3) is 2.82. The Morgan fingerprint density at radius 3 is 2.63 bits per heavy atom. The van der Waals surface area contributed by atoms with Gasteiger partial charge in [0.05, 0.1) is 4.88 Å². The maximum Gasteiger partial charge on any atom is 0.264 e. The molecule has 0 aliphatic carbocycles. The summed E-state index contributed by atoms with van der Waals surface area (Å²) < 4.78 is 7.11. The number of amides is 1. The highest BCUT2D eigenvalue weighted by Gasteiger charge is 2.29. The molecule has 0 atom stereocenters. The number of nitrogens with zero attached hydrogens (tertiary/aromatic N) is 2. The third-order valence-electron chi connectivity index (χ3n) is 5.48. The van der Waals surface area contributed by atoms with Crippen LogP contribution in [0.3, 0.4) is 0 Å². The fraction of sp³-hybridized carbons (Fsp3) is 0.273. The molecule has 0 bridgehead atoms. The summed E-state index contributed by atoms with van der Waals surface area (Å²) in [5.41, 5.74) is 2.85. The average molecular weight is 376 g/mol. The lowest BCUT2D eigenvalue weighted by Crippen LogP contribution is -2.37. The SMILES string of the molecule is Cc1c(C(=O)N2CCC(c3nc4ccccc4o3)CC2)sc2ccccc12. The van der Waals surface area contributed by atoms with Gasteiger partial charge in [0.15, 0.2) is 11.5 Å². The molecule has 5 rings (SSSR count). The van der Waals surface area contributed by atoms with E-state index in [0.29, 0.717) is 0 Å². The Labute approximate surface area is 161 Å². The number of aryl methyl sites for hydroxylation is 1. The zero-order valence-corrected chi connectivity index (χ0v) is 16.0. The largest absolute Gasteiger partial charge is 0.440 e. The van der Waals surface area contributed by atoms with E-state index in [2.05, 4.69) is 24.0 Å². The number of oxazole rings is 1. The highest BCUT2D eigenvalue weighted by molar-refractivity contribution is 7.21. The Morgan fingerprint density at radius 1 is 1.11 bits per heavy atom. The lowest BCUT2D eigenvalue weighted by molar-refractivity contribution is 0.0711. The summed E-state index contributed by atoms with van der Waals surface area (Å²) in [6.45, 7) is 3.54. The van der Waals surface area contributed by atoms with E-state index in [1.165, 1.54) is 10.1 Å². The fourth-order valence-corrected chi connectivity index (χ4v) is 5.09. The van der Waals surface area contributed by atoms with Crippen molar-refractivity contribution < 1.29 is 9.21 Å². The first-order chi connectivity index (χ1) is 13.2. The van der Waals surface area contributed by atoms with Gasteiger partial charge in [-0.25, -0.2) is 4.98 Å². The maximum atomic E-state index is 13.1. The molecular formula is C22H20N2O2S. The van der Waals surface area contributed by atoms with Gasteiger partial charge in [0.1, 0.15) is 5.52 Å². The number of hydrogen-bond acceptors (Lipinski definition) is 4. The van der Waals surface area contributed by atoms with Crippen molar-refractivity contribution in [1.29, 1.82) is 0 Å². The van der Waals surface area contributed by atoms with Crippen LogP contribution in [0.15, 0.2) is 52.9 Å². The van der Waals surface area contributed by atoms with Crippen molar-refractivity contribution in [3.05, 3.63) is 64.9 Å². The van der Waals surface area contributed by atoms with Crippen LogP contribution in [0.4, 0.5) is 0 Å². The van der Waals surface area contributed by atoms with Crippen LogP contribution in [0.25, 0.3) is 21.2 Å². The van der Waals surface area contributed by atoms with Crippen molar-refractivity contribution in [3.63, 3.8) is 0 Å². The summed E-state index contributed by atoms with van der Waals surface area (Å²) in [5.74, 6) is 1.25. The molecule has 27 heavy (non-hydrogen) atoms. The standard InChI is InChI=1S/C22H20N2O2S/c1-14-16-6-2-5-9-19(16)27-20(14)22(25)24-12-10-15(11-13-24)21-23-17-7-3-4-8-18(17)26-21/h2-9,15H,10-13H2,1H3. The van der Waals surface area contributed by atoms with Crippen LogP contribution in [0.2, 0.25) is 0 Å². The van der Waals surface area contributed by atoms with Gasteiger partial charge in [0.2, 0.25) is 0 Å². The molecule has 4 aromatic rings. The highest BCUT2D eigenvalue weighted by atomic mass is 32.1. The van der Waals surface area contributed by atoms with Gasteiger partial charge in [-0.05, 0) is 48.9 Å². The van der Waals surface area contributed by atoms with Crippen molar-refractivity contribution in [1.82, 2.24) is 9.88 Å². The van der Waals surface area contributed by atoms with E-state index in [0.717, 1.165) is 53.4 Å². The predicted octanol–water partition coefficient (Wildman–Crippen LogP) is 5.37. The van der Waals surface area contributed by atoms with Crippen molar-refractivity contribution in [3.8, 4) is 0 Å². The topological polar surface area (TPSA) is 46.3 Å². The van der Waals surface area contributed by atoms with Crippen molar-refractivity contribution in [2.45, 2.75) is 25.7 Å². The molecule has 0 unspecified atom stereocenters.